The van der Waals surface area contributed by atoms with E-state index in [1.807, 2.05) is 11.0 Å². The lowest BCUT2D eigenvalue weighted by Crippen LogP contribution is -2.58. The number of halogens is 2. The molecule has 1 aromatic rings. The number of amides is 2. The van der Waals surface area contributed by atoms with Gasteiger partial charge >= 0.3 is 0 Å². The van der Waals surface area contributed by atoms with Gasteiger partial charge in [-0.1, -0.05) is 12.1 Å². The fourth-order valence-corrected chi connectivity index (χ4v) is 4.58. The van der Waals surface area contributed by atoms with Crippen molar-refractivity contribution in [1.29, 1.82) is 0 Å². The number of rotatable bonds is 3. The Kier molecular flexibility index (Phi) is 4.24. The Bertz CT molecular complexity index is 724. The normalized spacial score (nSPS) is 24.0. The molecule has 6 heteroatoms. The van der Waals surface area contributed by atoms with Gasteiger partial charge < -0.3 is 9.80 Å². The molecule has 1 aromatic carbocycles. The molecule has 0 atom stereocenters. The standard InChI is InChI=1S/C20H24F2N2O2/c21-16-4-1-3-15(13-16)14-24-17(25)5-8-19(24)9-11-23(12-10-19)18(26)20(22)6-2-7-20/h1,3-4,13H,2,5-12,14H2. The van der Waals surface area contributed by atoms with Crippen molar-refractivity contribution in [3.63, 3.8) is 0 Å². The number of hydrogen-bond donors (Lipinski definition) is 0. The molecule has 0 radical (unpaired) electrons. The highest BCUT2D eigenvalue weighted by molar-refractivity contribution is 5.86. The van der Waals surface area contributed by atoms with Crippen LogP contribution in [0.4, 0.5) is 8.78 Å². The zero-order valence-electron chi connectivity index (χ0n) is 14.8. The summed E-state index contributed by atoms with van der Waals surface area (Å²) in [4.78, 5) is 28.4. The monoisotopic (exact) mass is 362 g/mol. The average molecular weight is 362 g/mol. The smallest absolute Gasteiger partial charge is 0.260 e. The third-order valence-electron chi connectivity index (χ3n) is 6.42. The number of piperidine rings is 1. The molecular weight excluding hydrogens is 338 g/mol. The number of hydrogen-bond acceptors (Lipinski definition) is 2. The largest absolute Gasteiger partial charge is 0.340 e. The predicted octanol–water partition coefficient (Wildman–Crippen LogP) is 3.20. The van der Waals surface area contributed by atoms with Crippen LogP contribution in [0.2, 0.25) is 0 Å². The minimum atomic E-state index is -1.66. The van der Waals surface area contributed by atoms with E-state index < -0.39 is 5.67 Å². The van der Waals surface area contributed by atoms with Crippen LogP contribution in [0.1, 0.15) is 50.5 Å². The highest BCUT2D eigenvalue weighted by atomic mass is 19.1. The maximum atomic E-state index is 14.4. The Morgan fingerprint density at radius 3 is 2.46 bits per heavy atom. The molecule has 3 aliphatic rings. The molecule has 0 aromatic heterocycles. The van der Waals surface area contributed by atoms with Gasteiger partial charge in [0.25, 0.3) is 5.91 Å². The molecule has 2 amide bonds. The first-order valence-electron chi connectivity index (χ1n) is 9.45. The Hall–Kier alpha value is -1.98. The third-order valence-corrected chi connectivity index (χ3v) is 6.42. The van der Waals surface area contributed by atoms with Crippen molar-refractivity contribution < 1.29 is 18.4 Å². The second-order valence-electron chi connectivity index (χ2n) is 7.95. The van der Waals surface area contributed by atoms with Crippen LogP contribution in [0.15, 0.2) is 24.3 Å². The molecule has 2 heterocycles. The lowest BCUT2D eigenvalue weighted by molar-refractivity contribution is -0.153. The number of alkyl halides is 1. The summed E-state index contributed by atoms with van der Waals surface area (Å²) in [5.41, 5.74) is -1.17. The number of benzene rings is 1. The fourth-order valence-electron chi connectivity index (χ4n) is 4.58. The maximum absolute atomic E-state index is 14.4. The van der Waals surface area contributed by atoms with Crippen molar-refractivity contribution in [2.75, 3.05) is 13.1 Å². The van der Waals surface area contributed by atoms with Crippen LogP contribution < -0.4 is 0 Å². The fraction of sp³-hybridized carbons (Fsp3) is 0.600. The van der Waals surface area contributed by atoms with Gasteiger partial charge in [0.1, 0.15) is 5.82 Å². The van der Waals surface area contributed by atoms with Gasteiger partial charge in [-0.15, -0.1) is 0 Å². The molecule has 0 bridgehead atoms. The highest BCUT2D eigenvalue weighted by Gasteiger charge is 2.51. The summed E-state index contributed by atoms with van der Waals surface area (Å²) in [6, 6.07) is 6.33. The van der Waals surface area contributed by atoms with Crippen LogP contribution in [0, 0.1) is 5.82 Å². The van der Waals surface area contributed by atoms with Gasteiger partial charge in [0.15, 0.2) is 5.67 Å². The van der Waals surface area contributed by atoms with E-state index in [4.69, 9.17) is 0 Å². The Balaban J connectivity index is 1.46. The van der Waals surface area contributed by atoms with Crippen LogP contribution in [-0.2, 0) is 16.1 Å². The summed E-state index contributed by atoms with van der Waals surface area (Å²) in [5, 5.41) is 0. The van der Waals surface area contributed by atoms with Gasteiger partial charge in [-0.05, 0) is 56.2 Å². The lowest BCUT2D eigenvalue weighted by atomic mass is 9.79. The van der Waals surface area contributed by atoms with E-state index in [-0.39, 0.29) is 23.2 Å². The van der Waals surface area contributed by atoms with E-state index >= 15 is 0 Å². The van der Waals surface area contributed by atoms with Gasteiger partial charge in [-0.25, -0.2) is 8.78 Å². The zero-order chi connectivity index (χ0) is 18.4. The molecule has 0 N–H and O–H groups in total. The van der Waals surface area contributed by atoms with Crippen molar-refractivity contribution >= 4 is 11.8 Å². The number of likely N-dealkylation sites (tertiary alicyclic amines) is 2. The van der Waals surface area contributed by atoms with Crippen LogP contribution in [-0.4, -0.2) is 45.9 Å². The Morgan fingerprint density at radius 1 is 1.12 bits per heavy atom. The molecule has 4 nitrogen and oxygen atoms in total. The first-order valence-corrected chi connectivity index (χ1v) is 9.45. The van der Waals surface area contributed by atoms with E-state index in [2.05, 4.69) is 0 Å². The van der Waals surface area contributed by atoms with Crippen LogP contribution >= 0.6 is 0 Å². The summed E-state index contributed by atoms with van der Waals surface area (Å²) < 4.78 is 27.9. The summed E-state index contributed by atoms with van der Waals surface area (Å²) in [5.74, 6) is -0.605. The van der Waals surface area contributed by atoms with E-state index in [0.717, 1.165) is 18.4 Å². The summed E-state index contributed by atoms with van der Waals surface area (Å²) in [6.45, 7) is 1.35. The quantitative estimate of drug-likeness (QED) is 0.829. The molecule has 2 saturated heterocycles. The molecule has 140 valence electrons. The topological polar surface area (TPSA) is 40.6 Å². The van der Waals surface area contributed by atoms with E-state index in [1.165, 1.54) is 12.1 Å². The number of nitrogens with zero attached hydrogens (tertiary/aromatic N) is 2. The maximum Gasteiger partial charge on any atom is 0.260 e. The molecule has 1 aliphatic carbocycles. The Morgan fingerprint density at radius 2 is 1.85 bits per heavy atom. The second kappa shape index (κ2) is 6.32. The van der Waals surface area contributed by atoms with Gasteiger partial charge in [0.2, 0.25) is 5.91 Å². The molecule has 0 unspecified atom stereocenters. The molecule has 3 fully saturated rings. The van der Waals surface area contributed by atoms with Gasteiger partial charge in [0, 0.05) is 31.6 Å². The minimum absolute atomic E-state index is 0.0787. The van der Waals surface area contributed by atoms with Crippen molar-refractivity contribution in [2.45, 2.75) is 62.7 Å². The van der Waals surface area contributed by atoms with Crippen molar-refractivity contribution in [1.82, 2.24) is 9.80 Å². The van der Waals surface area contributed by atoms with Crippen LogP contribution in [0.25, 0.3) is 0 Å². The van der Waals surface area contributed by atoms with Crippen molar-refractivity contribution in [2.24, 2.45) is 0 Å². The van der Waals surface area contributed by atoms with Gasteiger partial charge in [-0.3, -0.25) is 9.59 Å². The van der Waals surface area contributed by atoms with Crippen molar-refractivity contribution in [3.8, 4) is 0 Å². The molecule has 1 saturated carbocycles. The molecule has 2 aliphatic heterocycles. The van der Waals surface area contributed by atoms with E-state index in [1.54, 1.807) is 11.0 Å². The number of carbonyl (C=O) groups excluding carboxylic acids is 2. The molecule has 26 heavy (non-hydrogen) atoms. The van der Waals surface area contributed by atoms with Crippen LogP contribution in [0.3, 0.4) is 0 Å². The van der Waals surface area contributed by atoms with Crippen LogP contribution in [0.5, 0.6) is 0 Å². The summed E-state index contributed by atoms with van der Waals surface area (Å²) in [7, 11) is 0. The average Bonchev–Trinajstić information content (AvgIpc) is 2.89. The van der Waals surface area contributed by atoms with Gasteiger partial charge in [-0.2, -0.15) is 0 Å². The molecule has 4 rings (SSSR count). The predicted molar refractivity (Wildman–Crippen MR) is 92.4 cm³/mol. The zero-order valence-corrected chi connectivity index (χ0v) is 14.8. The minimum Gasteiger partial charge on any atom is -0.340 e. The SMILES string of the molecule is O=C1CCC2(CCN(C(=O)C3(F)CCC3)CC2)N1Cc1cccc(F)c1. The lowest BCUT2D eigenvalue weighted by Gasteiger charge is -2.47. The summed E-state index contributed by atoms with van der Waals surface area (Å²) >= 11 is 0. The first kappa shape index (κ1) is 17.4. The van der Waals surface area contributed by atoms with Crippen molar-refractivity contribution in [3.05, 3.63) is 35.6 Å². The van der Waals surface area contributed by atoms with E-state index in [0.29, 0.717) is 51.7 Å². The first-order chi connectivity index (χ1) is 12.4. The Labute approximate surface area is 152 Å². The van der Waals surface area contributed by atoms with Gasteiger partial charge in [0.05, 0.1) is 0 Å². The molecular formula is C20H24F2N2O2. The second-order valence-corrected chi connectivity index (χ2v) is 7.95. The number of carbonyl (C=O) groups is 2. The van der Waals surface area contributed by atoms with E-state index in [9.17, 15) is 18.4 Å². The molecule has 1 spiro atoms. The third kappa shape index (κ3) is 2.89. The summed E-state index contributed by atoms with van der Waals surface area (Å²) in [6.07, 6.45) is 4.00. The highest BCUT2D eigenvalue weighted by Crippen LogP contribution is 2.42.